The van der Waals surface area contributed by atoms with Gasteiger partial charge in [0.25, 0.3) is 5.56 Å². The number of carbonyl (C=O) groups excluding carboxylic acids is 1. The summed E-state index contributed by atoms with van der Waals surface area (Å²) in [5, 5.41) is 24.7. The van der Waals surface area contributed by atoms with Gasteiger partial charge in [-0.3, -0.25) is 18.8 Å². The van der Waals surface area contributed by atoms with E-state index in [2.05, 4.69) is 28.4 Å². The first-order valence-electron chi connectivity index (χ1n) is 14.0. The van der Waals surface area contributed by atoms with Gasteiger partial charge in [-0.1, -0.05) is 17.7 Å². The number of benzene rings is 1. The number of likely N-dealkylation sites (tertiary alicyclic amines) is 1. The molecule has 1 saturated heterocycles. The Morgan fingerprint density at radius 1 is 1.14 bits per heavy atom. The van der Waals surface area contributed by atoms with Gasteiger partial charge in [-0.25, -0.2) is 9.67 Å². The molecule has 1 aliphatic rings. The van der Waals surface area contributed by atoms with E-state index in [0.29, 0.717) is 42.2 Å². The molecule has 1 aliphatic heterocycles. The van der Waals surface area contributed by atoms with Crippen LogP contribution in [-0.2, 0) is 18.9 Å². The maximum Gasteiger partial charge on any atom is 0.259 e. The highest BCUT2D eigenvalue weighted by molar-refractivity contribution is 6.29. The molecule has 12 heteroatoms. The maximum atomic E-state index is 13.8. The molecule has 42 heavy (non-hydrogen) atoms. The van der Waals surface area contributed by atoms with Crippen molar-refractivity contribution in [2.75, 3.05) is 25.0 Å². The summed E-state index contributed by atoms with van der Waals surface area (Å²) in [7, 11) is 3.64. The minimum atomic E-state index is -0.486. The molecule has 1 aromatic carbocycles. The Hall–Kier alpha value is -4.22. The summed E-state index contributed by atoms with van der Waals surface area (Å²) in [6, 6.07) is 7.54. The van der Waals surface area contributed by atoms with E-state index in [9.17, 15) is 14.7 Å². The molecule has 1 amide bonds. The van der Waals surface area contributed by atoms with Crippen molar-refractivity contribution in [3.05, 3.63) is 69.5 Å². The number of aliphatic hydroxyl groups is 1. The van der Waals surface area contributed by atoms with Gasteiger partial charge in [0.1, 0.15) is 17.4 Å². The first kappa shape index (κ1) is 27.9. The van der Waals surface area contributed by atoms with Crippen LogP contribution in [0.5, 0.6) is 0 Å². The van der Waals surface area contributed by atoms with Crippen molar-refractivity contribution in [3.8, 4) is 11.3 Å². The Balaban J connectivity index is 1.44. The molecule has 6 rings (SSSR count). The third kappa shape index (κ3) is 4.82. The zero-order valence-electron chi connectivity index (χ0n) is 24.0. The highest BCUT2D eigenvalue weighted by Gasteiger charge is 2.27. The molecule has 1 fully saturated rings. The third-order valence-electron chi connectivity index (χ3n) is 8.18. The maximum absolute atomic E-state index is 13.8. The van der Waals surface area contributed by atoms with Gasteiger partial charge in [0.05, 0.1) is 29.8 Å². The van der Waals surface area contributed by atoms with Crippen LogP contribution in [0.25, 0.3) is 33.1 Å². The standard InChI is InChI=1S/C30H33ClN8O3/c1-17-11-21(18(2)34-24-5-6-25(31)35-28(24)19-13-32-36(3)15-19)27-22(12-17)30(42)37(4)29-23(27)14-33-39(29)20-7-9-38(10-8-20)26(41)16-40/h5-6,11-15,18,20,34,40H,7-10,16H2,1-4H3. The van der Waals surface area contributed by atoms with E-state index >= 15 is 0 Å². The van der Waals surface area contributed by atoms with Gasteiger partial charge >= 0.3 is 0 Å². The Bertz CT molecular complexity index is 1880. The number of carbonyl (C=O) groups is 1. The van der Waals surface area contributed by atoms with E-state index in [1.54, 1.807) is 33.5 Å². The lowest BCUT2D eigenvalue weighted by Crippen LogP contribution is -2.40. The van der Waals surface area contributed by atoms with Crippen molar-refractivity contribution < 1.29 is 9.90 Å². The first-order valence-corrected chi connectivity index (χ1v) is 14.3. The summed E-state index contributed by atoms with van der Waals surface area (Å²) >= 11 is 6.28. The number of anilines is 1. The first-order chi connectivity index (χ1) is 20.2. The number of pyridine rings is 2. The molecule has 0 bridgehead atoms. The topological polar surface area (TPSA) is 123 Å². The lowest BCUT2D eigenvalue weighted by atomic mass is 9.95. The Kier molecular flexibility index (Phi) is 7.24. The molecule has 11 nitrogen and oxygen atoms in total. The van der Waals surface area contributed by atoms with Crippen LogP contribution in [0.2, 0.25) is 5.15 Å². The Morgan fingerprint density at radius 2 is 1.90 bits per heavy atom. The predicted molar refractivity (Wildman–Crippen MR) is 163 cm³/mol. The summed E-state index contributed by atoms with van der Waals surface area (Å²) in [6.45, 7) is 4.64. The van der Waals surface area contributed by atoms with Gasteiger partial charge in [-0.2, -0.15) is 10.2 Å². The lowest BCUT2D eigenvalue weighted by molar-refractivity contribution is -0.135. The van der Waals surface area contributed by atoms with Gasteiger partial charge in [0, 0.05) is 61.1 Å². The van der Waals surface area contributed by atoms with Crippen LogP contribution in [0.1, 0.15) is 43.0 Å². The summed E-state index contributed by atoms with van der Waals surface area (Å²) in [4.78, 5) is 32.0. The highest BCUT2D eigenvalue weighted by atomic mass is 35.5. The number of halogens is 1. The van der Waals surface area contributed by atoms with Crippen molar-refractivity contribution in [3.63, 3.8) is 0 Å². The Morgan fingerprint density at radius 3 is 2.60 bits per heavy atom. The number of aromatic nitrogens is 6. The lowest BCUT2D eigenvalue weighted by Gasteiger charge is -2.32. The van der Waals surface area contributed by atoms with Crippen molar-refractivity contribution in [1.82, 2.24) is 34.0 Å². The van der Waals surface area contributed by atoms with Crippen LogP contribution in [0.4, 0.5) is 5.69 Å². The molecule has 5 aromatic rings. The van der Waals surface area contributed by atoms with Gasteiger partial charge in [0.15, 0.2) is 0 Å². The van der Waals surface area contributed by atoms with Gasteiger partial charge < -0.3 is 15.3 Å². The number of hydrogen-bond acceptors (Lipinski definition) is 7. The van der Waals surface area contributed by atoms with Crippen LogP contribution in [0.3, 0.4) is 0 Å². The molecule has 4 aromatic heterocycles. The second-order valence-corrected chi connectivity index (χ2v) is 11.4. The fourth-order valence-corrected chi connectivity index (χ4v) is 6.27. The van der Waals surface area contributed by atoms with Crippen molar-refractivity contribution >= 4 is 45.0 Å². The average molecular weight is 589 g/mol. The summed E-state index contributed by atoms with van der Waals surface area (Å²) in [6.07, 6.45) is 6.87. The molecule has 0 radical (unpaired) electrons. The molecular formula is C30H33ClN8O3. The smallest absolute Gasteiger partial charge is 0.259 e. The molecule has 218 valence electrons. The number of aryl methyl sites for hydroxylation is 3. The number of aliphatic hydroxyl groups excluding tert-OH is 1. The van der Waals surface area contributed by atoms with Crippen LogP contribution < -0.4 is 10.9 Å². The second kappa shape index (κ2) is 10.9. The van der Waals surface area contributed by atoms with Gasteiger partial charge in [-0.05, 0) is 56.0 Å². The molecule has 1 atom stereocenters. The quantitative estimate of drug-likeness (QED) is 0.288. The SMILES string of the molecule is Cc1cc(C(C)Nc2ccc(Cl)nc2-c2cnn(C)c2)c2c(c1)c(=O)n(C)c1c2cnn1C1CCN(C(=O)CO)CC1. The van der Waals surface area contributed by atoms with Crippen molar-refractivity contribution in [1.29, 1.82) is 0 Å². The number of piperidine rings is 1. The number of rotatable bonds is 6. The molecule has 0 saturated carbocycles. The van der Waals surface area contributed by atoms with E-state index < -0.39 is 6.61 Å². The largest absolute Gasteiger partial charge is 0.387 e. The van der Waals surface area contributed by atoms with E-state index in [1.807, 2.05) is 43.2 Å². The number of fused-ring (bicyclic) bond motifs is 3. The van der Waals surface area contributed by atoms with Crippen LogP contribution in [-0.4, -0.2) is 64.7 Å². The number of hydrogen-bond donors (Lipinski definition) is 2. The third-order valence-corrected chi connectivity index (χ3v) is 8.39. The minimum Gasteiger partial charge on any atom is -0.387 e. The van der Waals surface area contributed by atoms with Crippen LogP contribution in [0, 0.1) is 6.92 Å². The van der Waals surface area contributed by atoms with E-state index in [0.717, 1.165) is 38.8 Å². The van der Waals surface area contributed by atoms with E-state index in [-0.39, 0.29) is 23.6 Å². The second-order valence-electron chi connectivity index (χ2n) is 11.0. The molecule has 5 heterocycles. The molecule has 2 N–H and O–H groups in total. The summed E-state index contributed by atoms with van der Waals surface area (Å²) < 4.78 is 5.33. The average Bonchev–Trinajstić information content (AvgIpc) is 3.63. The van der Waals surface area contributed by atoms with Crippen LogP contribution in [0.15, 0.2) is 47.7 Å². The van der Waals surface area contributed by atoms with E-state index in [1.165, 1.54) is 0 Å². The molecule has 1 unspecified atom stereocenters. The molecular weight excluding hydrogens is 556 g/mol. The Labute approximate surface area is 247 Å². The van der Waals surface area contributed by atoms with Gasteiger partial charge in [0.2, 0.25) is 5.91 Å². The summed E-state index contributed by atoms with van der Waals surface area (Å²) in [5.41, 5.74) is 4.96. The minimum absolute atomic E-state index is 0.0277. The normalized spacial score (nSPS) is 15.0. The summed E-state index contributed by atoms with van der Waals surface area (Å²) in [5.74, 6) is -0.263. The number of nitrogens with zero attached hydrogens (tertiary/aromatic N) is 7. The zero-order chi connectivity index (χ0) is 29.7. The van der Waals surface area contributed by atoms with Gasteiger partial charge in [-0.15, -0.1) is 0 Å². The van der Waals surface area contributed by atoms with E-state index in [4.69, 9.17) is 16.7 Å². The fourth-order valence-electron chi connectivity index (χ4n) is 6.12. The highest BCUT2D eigenvalue weighted by Crippen LogP contribution is 2.36. The fraction of sp³-hybridized carbons (Fsp3) is 0.367. The zero-order valence-corrected chi connectivity index (χ0v) is 24.8. The van der Waals surface area contributed by atoms with Crippen molar-refractivity contribution in [2.45, 2.75) is 38.8 Å². The van der Waals surface area contributed by atoms with Crippen LogP contribution >= 0.6 is 11.6 Å². The number of nitrogens with one attached hydrogen (secondary N) is 1. The predicted octanol–water partition coefficient (Wildman–Crippen LogP) is 3.97. The monoisotopic (exact) mass is 588 g/mol. The van der Waals surface area contributed by atoms with Crippen molar-refractivity contribution in [2.24, 2.45) is 14.1 Å². The molecule has 0 spiro atoms. The number of amides is 1. The molecule has 0 aliphatic carbocycles.